The molecule has 0 spiro atoms. The Kier molecular flexibility index (Phi) is 4.68. The molecule has 2 aromatic carbocycles. The van der Waals surface area contributed by atoms with Gasteiger partial charge in [0.05, 0.1) is 5.56 Å². The molecule has 21 heavy (non-hydrogen) atoms. The largest absolute Gasteiger partial charge is 0.416 e. The molecule has 0 amide bonds. The minimum absolute atomic E-state index is 0.0255. The first-order valence-electron chi connectivity index (χ1n) is 6.86. The van der Waals surface area contributed by atoms with Crippen molar-refractivity contribution in [3.63, 3.8) is 0 Å². The van der Waals surface area contributed by atoms with Crippen molar-refractivity contribution in [1.29, 1.82) is 0 Å². The number of hydrogen-bond acceptors (Lipinski definition) is 1. The van der Waals surface area contributed by atoms with E-state index in [9.17, 15) is 13.2 Å². The summed E-state index contributed by atoms with van der Waals surface area (Å²) in [5, 5.41) is 3.22. The van der Waals surface area contributed by atoms with Crippen molar-refractivity contribution in [3.8, 4) is 0 Å². The number of rotatable bonds is 4. The third-order valence-electron chi connectivity index (χ3n) is 3.53. The SMILES string of the molecule is CC(N[C@H](C)c1ccccc1)c1ccccc1C(F)(F)F. The Bertz CT molecular complexity index is 578. The van der Waals surface area contributed by atoms with Crippen LogP contribution in [-0.2, 0) is 6.18 Å². The van der Waals surface area contributed by atoms with Crippen LogP contribution in [0.2, 0.25) is 0 Å². The van der Waals surface area contributed by atoms with E-state index in [0.29, 0.717) is 0 Å². The van der Waals surface area contributed by atoms with E-state index in [-0.39, 0.29) is 11.6 Å². The van der Waals surface area contributed by atoms with Crippen molar-refractivity contribution in [2.45, 2.75) is 32.1 Å². The molecule has 112 valence electrons. The highest BCUT2D eigenvalue weighted by atomic mass is 19.4. The second-order valence-electron chi connectivity index (χ2n) is 5.11. The third kappa shape index (κ3) is 3.85. The van der Waals surface area contributed by atoms with Crippen LogP contribution in [0, 0.1) is 0 Å². The first-order valence-corrected chi connectivity index (χ1v) is 6.86. The molecule has 0 saturated carbocycles. The summed E-state index contributed by atoms with van der Waals surface area (Å²) in [6.07, 6.45) is -4.33. The molecule has 0 aliphatic rings. The lowest BCUT2D eigenvalue weighted by Crippen LogP contribution is -2.24. The zero-order valence-electron chi connectivity index (χ0n) is 12.0. The Labute approximate surface area is 122 Å². The van der Waals surface area contributed by atoms with Gasteiger partial charge in [0.2, 0.25) is 0 Å². The molecule has 2 aromatic rings. The topological polar surface area (TPSA) is 12.0 Å². The highest BCUT2D eigenvalue weighted by Gasteiger charge is 2.34. The van der Waals surface area contributed by atoms with Crippen molar-refractivity contribution in [2.75, 3.05) is 0 Å². The van der Waals surface area contributed by atoms with Crippen LogP contribution in [0.25, 0.3) is 0 Å². The molecular formula is C17H18F3N. The van der Waals surface area contributed by atoms with E-state index in [2.05, 4.69) is 5.32 Å². The Balaban J connectivity index is 2.20. The van der Waals surface area contributed by atoms with Gasteiger partial charge in [-0.05, 0) is 31.0 Å². The minimum atomic E-state index is -4.33. The molecular weight excluding hydrogens is 275 g/mol. The molecule has 0 radical (unpaired) electrons. The zero-order valence-corrected chi connectivity index (χ0v) is 12.0. The monoisotopic (exact) mass is 293 g/mol. The number of hydrogen-bond donors (Lipinski definition) is 1. The molecule has 0 aliphatic carbocycles. The van der Waals surface area contributed by atoms with E-state index >= 15 is 0 Å². The number of halogens is 3. The van der Waals surface area contributed by atoms with E-state index in [1.54, 1.807) is 13.0 Å². The fourth-order valence-electron chi connectivity index (χ4n) is 2.44. The minimum Gasteiger partial charge on any atom is -0.304 e. The van der Waals surface area contributed by atoms with Crippen LogP contribution >= 0.6 is 0 Å². The van der Waals surface area contributed by atoms with Gasteiger partial charge in [0.15, 0.2) is 0 Å². The maximum Gasteiger partial charge on any atom is 0.416 e. The number of nitrogens with one attached hydrogen (secondary N) is 1. The van der Waals surface area contributed by atoms with Crippen LogP contribution in [-0.4, -0.2) is 0 Å². The quantitative estimate of drug-likeness (QED) is 0.825. The Morgan fingerprint density at radius 2 is 1.38 bits per heavy atom. The summed E-state index contributed by atoms with van der Waals surface area (Å²) in [7, 11) is 0. The summed E-state index contributed by atoms with van der Waals surface area (Å²) in [6.45, 7) is 3.70. The second kappa shape index (κ2) is 6.31. The molecule has 0 bridgehead atoms. The predicted molar refractivity (Wildman–Crippen MR) is 77.9 cm³/mol. The van der Waals surface area contributed by atoms with Gasteiger partial charge in [0.1, 0.15) is 0 Å². The molecule has 0 aliphatic heterocycles. The normalized spacial score (nSPS) is 14.7. The van der Waals surface area contributed by atoms with Gasteiger partial charge in [-0.2, -0.15) is 13.2 Å². The molecule has 4 heteroatoms. The van der Waals surface area contributed by atoms with Gasteiger partial charge in [0, 0.05) is 12.1 Å². The average molecular weight is 293 g/mol. The highest BCUT2D eigenvalue weighted by Crippen LogP contribution is 2.35. The van der Waals surface area contributed by atoms with E-state index in [0.717, 1.165) is 11.6 Å². The molecule has 0 heterocycles. The van der Waals surface area contributed by atoms with Crippen molar-refractivity contribution in [2.24, 2.45) is 0 Å². The number of alkyl halides is 3. The van der Waals surface area contributed by atoms with Crippen LogP contribution in [0.4, 0.5) is 13.2 Å². The Hall–Kier alpha value is -1.81. The predicted octanol–water partition coefficient (Wildman–Crippen LogP) is 5.12. The maximum absolute atomic E-state index is 13.0. The Morgan fingerprint density at radius 3 is 2.00 bits per heavy atom. The van der Waals surface area contributed by atoms with Gasteiger partial charge >= 0.3 is 6.18 Å². The first kappa shape index (κ1) is 15.6. The summed E-state index contributed by atoms with van der Waals surface area (Å²) in [4.78, 5) is 0. The summed E-state index contributed by atoms with van der Waals surface area (Å²) >= 11 is 0. The molecule has 0 saturated heterocycles. The fourth-order valence-corrected chi connectivity index (χ4v) is 2.44. The highest BCUT2D eigenvalue weighted by molar-refractivity contribution is 5.32. The molecule has 1 unspecified atom stereocenters. The second-order valence-corrected chi connectivity index (χ2v) is 5.11. The Morgan fingerprint density at radius 1 is 0.810 bits per heavy atom. The third-order valence-corrected chi connectivity index (χ3v) is 3.53. The summed E-state index contributed by atoms with van der Waals surface area (Å²) in [5.74, 6) is 0. The van der Waals surface area contributed by atoms with Gasteiger partial charge in [-0.25, -0.2) is 0 Å². The summed E-state index contributed by atoms with van der Waals surface area (Å²) in [5.41, 5.74) is 0.742. The van der Waals surface area contributed by atoms with Crippen LogP contribution in [0.5, 0.6) is 0 Å². The van der Waals surface area contributed by atoms with Crippen molar-refractivity contribution < 1.29 is 13.2 Å². The molecule has 2 rings (SSSR count). The lowest BCUT2D eigenvalue weighted by molar-refractivity contribution is -0.138. The average Bonchev–Trinajstić information content (AvgIpc) is 2.47. The van der Waals surface area contributed by atoms with E-state index < -0.39 is 17.8 Å². The van der Waals surface area contributed by atoms with Crippen LogP contribution < -0.4 is 5.32 Å². The number of benzene rings is 2. The smallest absolute Gasteiger partial charge is 0.304 e. The lowest BCUT2D eigenvalue weighted by atomic mass is 9.99. The zero-order chi connectivity index (χ0) is 15.5. The fraction of sp³-hybridized carbons (Fsp3) is 0.294. The van der Waals surface area contributed by atoms with Crippen molar-refractivity contribution in [3.05, 3.63) is 71.3 Å². The molecule has 2 atom stereocenters. The van der Waals surface area contributed by atoms with E-state index in [1.807, 2.05) is 37.3 Å². The van der Waals surface area contributed by atoms with Crippen molar-refractivity contribution in [1.82, 2.24) is 5.32 Å². The van der Waals surface area contributed by atoms with Gasteiger partial charge in [0.25, 0.3) is 0 Å². The van der Waals surface area contributed by atoms with Gasteiger partial charge in [-0.15, -0.1) is 0 Å². The van der Waals surface area contributed by atoms with Gasteiger partial charge in [-0.1, -0.05) is 48.5 Å². The van der Waals surface area contributed by atoms with Gasteiger partial charge < -0.3 is 5.32 Å². The summed E-state index contributed by atoms with van der Waals surface area (Å²) in [6, 6.07) is 15.0. The lowest BCUT2D eigenvalue weighted by Gasteiger charge is -2.23. The van der Waals surface area contributed by atoms with E-state index in [1.165, 1.54) is 12.1 Å². The van der Waals surface area contributed by atoms with Crippen molar-refractivity contribution >= 4 is 0 Å². The van der Waals surface area contributed by atoms with Crippen LogP contribution in [0.1, 0.15) is 42.6 Å². The molecule has 1 nitrogen and oxygen atoms in total. The van der Waals surface area contributed by atoms with Crippen LogP contribution in [0.3, 0.4) is 0 Å². The first-order chi connectivity index (χ1) is 9.89. The maximum atomic E-state index is 13.0. The summed E-state index contributed by atoms with van der Waals surface area (Å²) < 4.78 is 39.1. The standard InChI is InChI=1S/C17H18F3N/c1-12(14-8-4-3-5-9-14)21-13(2)15-10-6-7-11-16(15)17(18,19)20/h3-13,21H,1-2H3/t12-,13?/m1/s1. The molecule has 0 aromatic heterocycles. The van der Waals surface area contributed by atoms with E-state index in [4.69, 9.17) is 0 Å². The molecule has 1 N–H and O–H groups in total. The van der Waals surface area contributed by atoms with Gasteiger partial charge in [-0.3, -0.25) is 0 Å². The molecule has 0 fully saturated rings. The van der Waals surface area contributed by atoms with Crippen LogP contribution in [0.15, 0.2) is 54.6 Å².